The van der Waals surface area contributed by atoms with E-state index in [1.807, 2.05) is 24.3 Å². The molecule has 158 valence electrons. The molecule has 4 rings (SSSR count). The number of anilines is 1. The van der Waals surface area contributed by atoms with Crippen LogP contribution in [0.4, 0.5) is 19.0 Å². The number of alkyl halides is 3. The van der Waals surface area contributed by atoms with Gasteiger partial charge in [0.1, 0.15) is 5.82 Å². The molecule has 0 unspecified atom stereocenters. The second-order valence-electron chi connectivity index (χ2n) is 6.97. The molecule has 6 nitrogen and oxygen atoms in total. The van der Waals surface area contributed by atoms with Crippen molar-refractivity contribution in [2.24, 2.45) is 5.73 Å². The number of carbonyl (C=O) groups is 1. The lowest BCUT2D eigenvalue weighted by molar-refractivity contribution is -0.137. The van der Waals surface area contributed by atoms with Crippen molar-refractivity contribution in [1.82, 2.24) is 14.6 Å². The van der Waals surface area contributed by atoms with Crippen LogP contribution < -0.4 is 10.6 Å². The van der Waals surface area contributed by atoms with Crippen LogP contribution in [-0.2, 0) is 12.7 Å². The van der Waals surface area contributed by atoms with Gasteiger partial charge in [-0.05, 0) is 35.4 Å². The Labute approximate surface area is 175 Å². The lowest BCUT2D eigenvalue weighted by Gasteiger charge is -2.17. The molecule has 1 amide bonds. The van der Waals surface area contributed by atoms with Crippen molar-refractivity contribution in [2.75, 3.05) is 11.9 Å². The molecule has 0 saturated heterocycles. The topological polar surface area (TPSA) is 76.5 Å². The molecular weight excluding hydrogens is 407 g/mol. The highest BCUT2D eigenvalue weighted by molar-refractivity contribution is 6.06. The predicted molar refractivity (Wildman–Crippen MR) is 110 cm³/mol. The van der Waals surface area contributed by atoms with Gasteiger partial charge in [0.15, 0.2) is 0 Å². The number of benzene rings is 1. The summed E-state index contributed by atoms with van der Waals surface area (Å²) in [5, 5.41) is 4.32. The van der Waals surface area contributed by atoms with Crippen LogP contribution in [0, 0.1) is 0 Å². The van der Waals surface area contributed by atoms with Gasteiger partial charge in [-0.25, -0.2) is 9.50 Å². The zero-order valence-corrected chi connectivity index (χ0v) is 16.5. The normalized spacial score (nSPS) is 11.6. The summed E-state index contributed by atoms with van der Waals surface area (Å²) in [5.41, 5.74) is 8.63. The number of pyridine rings is 2. The minimum absolute atomic E-state index is 0.115. The second-order valence-corrected chi connectivity index (χ2v) is 6.97. The van der Waals surface area contributed by atoms with E-state index in [1.54, 1.807) is 29.0 Å². The molecule has 4 aromatic rings. The molecule has 0 atom stereocenters. The first-order valence-corrected chi connectivity index (χ1v) is 9.36. The molecule has 0 spiro atoms. The van der Waals surface area contributed by atoms with Crippen molar-refractivity contribution in [2.45, 2.75) is 12.7 Å². The molecule has 31 heavy (non-hydrogen) atoms. The fourth-order valence-corrected chi connectivity index (χ4v) is 3.21. The fourth-order valence-electron chi connectivity index (χ4n) is 3.21. The average Bonchev–Trinajstić information content (AvgIpc) is 3.21. The Morgan fingerprint density at radius 3 is 2.45 bits per heavy atom. The predicted octanol–water partition coefficient (Wildman–Crippen LogP) is 4.15. The van der Waals surface area contributed by atoms with E-state index < -0.39 is 17.6 Å². The van der Waals surface area contributed by atoms with Crippen LogP contribution in [-0.4, -0.2) is 27.6 Å². The first-order valence-electron chi connectivity index (χ1n) is 9.36. The van der Waals surface area contributed by atoms with Crippen LogP contribution in [0.5, 0.6) is 0 Å². The summed E-state index contributed by atoms with van der Waals surface area (Å²) in [6.45, 7) is 0.442. The standard InChI is InChI=1S/C22H18F3N5O/c1-29(20-7-6-17(12-27-20)22(23,24)25)21(31)16-8-9-30-19(10-16)18(13-28-30)15-4-2-14(11-26)3-5-15/h2-10,12-13H,11,26H2,1H3. The van der Waals surface area contributed by atoms with Gasteiger partial charge in [-0.1, -0.05) is 24.3 Å². The van der Waals surface area contributed by atoms with Crippen molar-refractivity contribution in [3.05, 3.63) is 83.8 Å². The van der Waals surface area contributed by atoms with Crippen molar-refractivity contribution >= 4 is 17.2 Å². The highest BCUT2D eigenvalue weighted by atomic mass is 19.4. The molecule has 9 heteroatoms. The Balaban J connectivity index is 1.65. The van der Waals surface area contributed by atoms with E-state index in [0.29, 0.717) is 18.3 Å². The smallest absolute Gasteiger partial charge is 0.326 e. The van der Waals surface area contributed by atoms with Gasteiger partial charge in [0, 0.05) is 37.1 Å². The van der Waals surface area contributed by atoms with E-state index in [0.717, 1.165) is 28.3 Å². The third-order valence-corrected chi connectivity index (χ3v) is 4.99. The Morgan fingerprint density at radius 1 is 1.10 bits per heavy atom. The van der Waals surface area contributed by atoms with Crippen LogP contribution in [0.3, 0.4) is 0 Å². The third-order valence-electron chi connectivity index (χ3n) is 4.99. The lowest BCUT2D eigenvalue weighted by Crippen LogP contribution is -2.27. The summed E-state index contributed by atoms with van der Waals surface area (Å²) < 4.78 is 39.9. The fraction of sp³-hybridized carbons (Fsp3) is 0.136. The van der Waals surface area contributed by atoms with Crippen LogP contribution >= 0.6 is 0 Å². The summed E-state index contributed by atoms with van der Waals surface area (Å²) in [5.74, 6) is -0.288. The van der Waals surface area contributed by atoms with E-state index in [2.05, 4.69) is 10.1 Å². The number of nitrogens with two attached hydrogens (primary N) is 1. The molecular formula is C22H18F3N5O. The Morgan fingerprint density at radius 2 is 1.84 bits per heavy atom. The van der Waals surface area contributed by atoms with Gasteiger partial charge < -0.3 is 5.73 Å². The Hall–Kier alpha value is -3.72. The monoisotopic (exact) mass is 425 g/mol. The van der Waals surface area contributed by atoms with Crippen molar-refractivity contribution in [1.29, 1.82) is 0 Å². The molecule has 0 aliphatic rings. The summed E-state index contributed by atoms with van der Waals surface area (Å²) in [6.07, 6.45) is -0.404. The van der Waals surface area contributed by atoms with Crippen molar-refractivity contribution in [3.8, 4) is 11.1 Å². The van der Waals surface area contributed by atoms with E-state index in [4.69, 9.17) is 5.73 Å². The van der Waals surface area contributed by atoms with E-state index >= 15 is 0 Å². The van der Waals surface area contributed by atoms with Gasteiger partial charge in [-0.3, -0.25) is 9.69 Å². The van der Waals surface area contributed by atoms with Crippen molar-refractivity contribution < 1.29 is 18.0 Å². The van der Waals surface area contributed by atoms with Crippen LogP contribution in [0.1, 0.15) is 21.5 Å². The van der Waals surface area contributed by atoms with Gasteiger partial charge in [-0.2, -0.15) is 18.3 Å². The third kappa shape index (κ3) is 3.99. The number of amides is 1. The number of nitrogens with zero attached hydrogens (tertiary/aromatic N) is 4. The Bertz CT molecular complexity index is 1230. The number of fused-ring (bicyclic) bond motifs is 1. The molecule has 1 aromatic carbocycles. The SMILES string of the molecule is CN(C(=O)c1ccn2ncc(-c3ccc(CN)cc3)c2c1)c1ccc(C(F)(F)F)cn1. The molecule has 0 saturated carbocycles. The quantitative estimate of drug-likeness (QED) is 0.533. The van der Waals surface area contributed by atoms with Crippen LogP contribution in [0.15, 0.2) is 67.1 Å². The Kier molecular flexibility index (Phi) is 5.20. The van der Waals surface area contributed by atoms with Gasteiger partial charge in [0.25, 0.3) is 5.91 Å². The van der Waals surface area contributed by atoms with E-state index in [9.17, 15) is 18.0 Å². The van der Waals surface area contributed by atoms with Gasteiger partial charge in [0.05, 0.1) is 17.3 Å². The molecule has 0 aliphatic heterocycles. The molecule has 3 aromatic heterocycles. The maximum Gasteiger partial charge on any atom is 0.417 e. The highest BCUT2D eigenvalue weighted by Gasteiger charge is 2.31. The first kappa shape index (κ1) is 20.5. The molecule has 2 N–H and O–H groups in total. The maximum atomic E-state index is 12.9. The highest BCUT2D eigenvalue weighted by Crippen LogP contribution is 2.30. The number of halogens is 3. The molecule has 3 heterocycles. The summed E-state index contributed by atoms with van der Waals surface area (Å²) in [6, 6.07) is 13.1. The van der Waals surface area contributed by atoms with Crippen LogP contribution in [0.2, 0.25) is 0 Å². The van der Waals surface area contributed by atoms with Gasteiger partial charge >= 0.3 is 6.18 Å². The first-order chi connectivity index (χ1) is 14.8. The minimum atomic E-state index is -4.49. The van der Waals surface area contributed by atoms with Gasteiger partial charge in [0.2, 0.25) is 0 Å². The summed E-state index contributed by atoms with van der Waals surface area (Å²) in [4.78, 5) is 17.9. The van der Waals surface area contributed by atoms with E-state index in [1.165, 1.54) is 18.0 Å². The van der Waals surface area contributed by atoms with Gasteiger partial charge in [-0.15, -0.1) is 0 Å². The summed E-state index contributed by atoms with van der Waals surface area (Å²) >= 11 is 0. The molecule has 0 aliphatic carbocycles. The van der Waals surface area contributed by atoms with E-state index in [-0.39, 0.29) is 5.82 Å². The summed E-state index contributed by atoms with van der Waals surface area (Å²) in [7, 11) is 1.46. The number of carbonyl (C=O) groups excluding carboxylic acids is 1. The second kappa shape index (κ2) is 7.84. The number of rotatable bonds is 4. The largest absolute Gasteiger partial charge is 0.417 e. The maximum absolute atomic E-state index is 12.9. The average molecular weight is 425 g/mol. The lowest BCUT2D eigenvalue weighted by atomic mass is 10.0. The number of hydrogen-bond acceptors (Lipinski definition) is 4. The molecule has 0 bridgehead atoms. The molecule has 0 radical (unpaired) electrons. The zero-order chi connectivity index (χ0) is 22.2. The minimum Gasteiger partial charge on any atom is -0.326 e. The van der Waals surface area contributed by atoms with Crippen molar-refractivity contribution in [3.63, 3.8) is 0 Å². The molecule has 0 fully saturated rings. The number of aromatic nitrogens is 3. The number of hydrogen-bond donors (Lipinski definition) is 1. The zero-order valence-electron chi connectivity index (χ0n) is 16.5. The van der Waals surface area contributed by atoms with Crippen LogP contribution in [0.25, 0.3) is 16.6 Å².